The zero-order valence-electron chi connectivity index (χ0n) is 14.3. The minimum absolute atomic E-state index is 0.198. The van der Waals surface area contributed by atoms with Gasteiger partial charge in [0.05, 0.1) is 16.8 Å². The predicted octanol–water partition coefficient (Wildman–Crippen LogP) is 4.90. The van der Waals surface area contributed by atoms with Gasteiger partial charge in [-0.3, -0.25) is 4.72 Å². The summed E-state index contributed by atoms with van der Waals surface area (Å²) in [6.07, 6.45) is 1.57. The Bertz CT molecular complexity index is 1020. The normalized spacial score (nSPS) is 11.2. The highest BCUT2D eigenvalue weighted by Gasteiger charge is 2.14. The van der Waals surface area contributed by atoms with Crippen LogP contribution in [-0.4, -0.2) is 13.4 Å². The van der Waals surface area contributed by atoms with E-state index in [1.807, 2.05) is 26.0 Å². The van der Waals surface area contributed by atoms with Crippen LogP contribution in [0.15, 0.2) is 65.7 Å². The fourth-order valence-electron chi connectivity index (χ4n) is 2.37. The Kier molecular flexibility index (Phi) is 5.15. The molecule has 0 spiro atoms. The number of sulfonamides is 1. The number of benzene rings is 2. The zero-order valence-corrected chi connectivity index (χ0v) is 15.9. The maximum absolute atomic E-state index is 12.4. The van der Waals surface area contributed by atoms with E-state index in [4.69, 9.17) is 11.6 Å². The summed E-state index contributed by atoms with van der Waals surface area (Å²) in [6, 6.07) is 15.6. The number of anilines is 3. The number of halogens is 1. The maximum Gasteiger partial charge on any atom is 0.263 e. The van der Waals surface area contributed by atoms with Crippen molar-refractivity contribution in [2.45, 2.75) is 18.7 Å². The third-order valence-corrected chi connectivity index (χ3v) is 5.41. The Labute approximate surface area is 158 Å². The van der Waals surface area contributed by atoms with Crippen molar-refractivity contribution in [3.63, 3.8) is 0 Å². The smallest absolute Gasteiger partial charge is 0.263 e. The molecule has 3 aromatic rings. The van der Waals surface area contributed by atoms with Crippen molar-refractivity contribution < 1.29 is 8.42 Å². The molecule has 0 bridgehead atoms. The first-order chi connectivity index (χ1) is 12.3. The summed E-state index contributed by atoms with van der Waals surface area (Å²) in [4.78, 5) is 4.37. The van der Waals surface area contributed by atoms with Crippen LogP contribution in [0.1, 0.15) is 11.1 Å². The van der Waals surface area contributed by atoms with Crippen molar-refractivity contribution in [2.75, 3.05) is 10.0 Å². The van der Waals surface area contributed by atoms with E-state index in [-0.39, 0.29) is 10.7 Å². The van der Waals surface area contributed by atoms with E-state index in [0.717, 1.165) is 22.5 Å². The Hall–Kier alpha value is -2.57. The molecule has 0 aliphatic carbocycles. The van der Waals surface area contributed by atoms with E-state index in [2.05, 4.69) is 15.0 Å². The number of nitrogens with zero attached hydrogens (tertiary/aromatic N) is 1. The molecule has 0 atom stereocenters. The van der Waals surface area contributed by atoms with Gasteiger partial charge in [0.1, 0.15) is 5.82 Å². The van der Waals surface area contributed by atoms with E-state index in [9.17, 15) is 8.42 Å². The first-order valence-electron chi connectivity index (χ1n) is 7.92. The van der Waals surface area contributed by atoms with Gasteiger partial charge in [0, 0.05) is 10.7 Å². The summed E-state index contributed by atoms with van der Waals surface area (Å²) in [6.45, 7) is 3.85. The molecular formula is C19H18ClN3O2S. The summed E-state index contributed by atoms with van der Waals surface area (Å²) < 4.78 is 27.3. The van der Waals surface area contributed by atoms with Crippen LogP contribution in [-0.2, 0) is 10.0 Å². The molecule has 0 aliphatic heterocycles. The number of hydrogen-bond donors (Lipinski definition) is 2. The molecule has 2 aromatic carbocycles. The molecule has 0 saturated carbocycles. The standard InChI is InChI=1S/C19H18ClN3O2S/c1-13-3-7-17(8-4-13)26(24,25)23-19-10-6-16(12-21-19)22-18-9-5-15(20)11-14(18)2/h3-12,22H,1-2H3,(H,21,23). The molecule has 0 saturated heterocycles. The maximum atomic E-state index is 12.4. The Balaban J connectivity index is 1.74. The highest BCUT2D eigenvalue weighted by molar-refractivity contribution is 7.92. The van der Waals surface area contributed by atoms with E-state index < -0.39 is 10.0 Å². The third kappa shape index (κ3) is 4.33. The van der Waals surface area contributed by atoms with Crippen LogP contribution in [0.25, 0.3) is 0 Å². The first-order valence-corrected chi connectivity index (χ1v) is 9.78. The molecule has 134 valence electrons. The fourth-order valence-corrected chi connectivity index (χ4v) is 3.60. The average molecular weight is 388 g/mol. The lowest BCUT2D eigenvalue weighted by Gasteiger charge is -2.11. The highest BCUT2D eigenvalue weighted by Crippen LogP contribution is 2.24. The van der Waals surface area contributed by atoms with E-state index >= 15 is 0 Å². The topological polar surface area (TPSA) is 71.1 Å². The van der Waals surface area contributed by atoms with Gasteiger partial charge in [-0.05, 0) is 61.9 Å². The van der Waals surface area contributed by atoms with E-state index in [1.165, 1.54) is 0 Å². The van der Waals surface area contributed by atoms with Crippen LogP contribution in [0, 0.1) is 13.8 Å². The largest absolute Gasteiger partial charge is 0.354 e. The average Bonchev–Trinajstić information content (AvgIpc) is 2.59. The van der Waals surface area contributed by atoms with Gasteiger partial charge in [0.25, 0.3) is 10.0 Å². The molecule has 2 N–H and O–H groups in total. The lowest BCUT2D eigenvalue weighted by atomic mass is 10.2. The Morgan fingerprint density at radius 2 is 1.69 bits per heavy atom. The van der Waals surface area contributed by atoms with Gasteiger partial charge in [-0.15, -0.1) is 0 Å². The molecule has 7 heteroatoms. The van der Waals surface area contributed by atoms with Crippen LogP contribution < -0.4 is 10.0 Å². The Morgan fingerprint density at radius 3 is 2.31 bits per heavy atom. The van der Waals surface area contributed by atoms with Crippen LogP contribution in [0.3, 0.4) is 0 Å². The number of aryl methyl sites for hydroxylation is 2. The van der Waals surface area contributed by atoms with Gasteiger partial charge in [-0.2, -0.15) is 0 Å². The predicted molar refractivity (Wildman–Crippen MR) is 106 cm³/mol. The van der Waals surface area contributed by atoms with Crippen molar-refractivity contribution in [1.29, 1.82) is 0 Å². The second kappa shape index (κ2) is 7.35. The molecule has 0 unspecified atom stereocenters. The van der Waals surface area contributed by atoms with Crippen molar-refractivity contribution in [3.05, 3.63) is 76.9 Å². The SMILES string of the molecule is Cc1ccc(S(=O)(=O)Nc2ccc(Nc3ccc(Cl)cc3C)cn2)cc1. The molecular weight excluding hydrogens is 370 g/mol. The molecule has 1 aromatic heterocycles. The quantitative estimate of drug-likeness (QED) is 0.653. The lowest BCUT2D eigenvalue weighted by molar-refractivity contribution is 0.601. The zero-order chi connectivity index (χ0) is 18.7. The van der Waals surface area contributed by atoms with E-state index in [0.29, 0.717) is 5.02 Å². The number of rotatable bonds is 5. The third-order valence-electron chi connectivity index (χ3n) is 3.80. The van der Waals surface area contributed by atoms with Gasteiger partial charge in [0.15, 0.2) is 0 Å². The minimum Gasteiger partial charge on any atom is -0.354 e. The number of pyridine rings is 1. The number of nitrogens with one attached hydrogen (secondary N) is 2. The van der Waals surface area contributed by atoms with Gasteiger partial charge >= 0.3 is 0 Å². The van der Waals surface area contributed by atoms with E-state index in [1.54, 1.807) is 48.7 Å². The van der Waals surface area contributed by atoms with Crippen LogP contribution in [0.4, 0.5) is 17.2 Å². The van der Waals surface area contributed by atoms with Crippen molar-refractivity contribution in [2.24, 2.45) is 0 Å². The summed E-state index contributed by atoms with van der Waals surface area (Å²) in [5.74, 6) is 0.254. The second-order valence-corrected chi connectivity index (χ2v) is 8.05. The number of hydrogen-bond acceptors (Lipinski definition) is 4. The fraction of sp³-hybridized carbons (Fsp3) is 0.105. The summed E-state index contributed by atoms with van der Waals surface area (Å²) in [7, 11) is -3.66. The van der Waals surface area contributed by atoms with Crippen molar-refractivity contribution >= 4 is 38.8 Å². The molecule has 0 radical (unpaired) electrons. The molecule has 0 aliphatic rings. The van der Waals surface area contributed by atoms with Crippen LogP contribution >= 0.6 is 11.6 Å². The van der Waals surface area contributed by atoms with Crippen LogP contribution in [0.2, 0.25) is 5.02 Å². The minimum atomic E-state index is -3.66. The lowest BCUT2D eigenvalue weighted by Crippen LogP contribution is -2.13. The van der Waals surface area contributed by atoms with Gasteiger partial charge < -0.3 is 5.32 Å². The molecule has 0 amide bonds. The highest BCUT2D eigenvalue weighted by atomic mass is 35.5. The van der Waals surface area contributed by atoms with Gasteiger partial charge in [0.2, 0.25) is 0 Å². The van der Waals surface area contributed by atoms with Gasteiger partial charge in [-0.25, -0.2) is 13.4 Å². The van der Waals surface area contributed by atoms with Crippen molar-refractivity contribution in [3.8, 4) is 0 Å². The molecule has 1 heterocycles. The second-order valence-electron chi connectivity index (χ2n) is 5.93. The molecule has 26 heavy (non-hydrogen) atoms. The molecule has 0 fully saturated rings. The summed E-state index contributed by atoms with van der Waals surface area (Å²) in [5, 5.41) is 3.90. The summed E-state index contributed by atoms with van der Waals surface area (Å²) in [5.41, 5.74) is 3.65. The number of aromatic nitrogens is 1. The molecule has 5 nitrogen and oxygen atoms in total. The van der Waals surface area contributed by atoms with Gasteiger partial charge in [-0.1, -0.05) is 29.3 Å². The monoisotopic (exact) mass is 387 g/mol. The van der Waals surface area contributed by atoms with Crippen molar-refractivity contribution in [1.82, 2.24) is 4.98 Å². The Morgan fingerprint density at radius 1 is 0.962 bits per heavy atom. The molecule has 3 rings (SSSR count). The van der Waals surface area contributed by atoms with Crippen LogP contribution in [0.5, 0.6) is 0 Å². The first kappa shape index (κ1) is 18.2. The summed E-state index contributed by atoms with van der Waals surface area (Å²) >= 11 is 5.96.